The van der Waals surface area contributed by atoms with E-state index in [1.54, 1.807) is 9.80 Å². The molecule has 2 atom stereocenters. The summed E-state index contributed by atoms with van der Waals surface area (Å²) in [6.45, 7) is 1.49. The number of carbonyl (C=O) groups is 1. The monoisotopic (exact) mass is 533 g/mol. The molecule has 3 heterocycles. The van der Waals surface area contributed by atoms with Crippen LogP contribution in [0.25, 0.3) is 0 Å². The standard InChI is InChI=1S/C23H25F6N5O3/c24-22(25,26)15-12-31-21(32-13-15)34-7-5-33(6-8-34)19(35)4-9-37-18-3-1-2-16(18)14-10-17(23(27,28)29)20(36)30-11-14/h10-13,16,18H,1-9H2,(H,30,36)/t16?,18-/m1/s1. The molecule has 0 bridgehead atoms. The van der Waals surface area contributed by atoms with Crippen molar-refractivity contribution in [1.29, 1.82) is 0 Å². The van der Waals surface area contributed by atoms with E-state index in [2.05, 4.69) is 15.0 Å². The number of amides is 1. The minimum absolute atomic E-state index is 0.0828. The molecule has 2 aliphatic rings. The Morgan fingerprint density at radius 1 is 1.03 bits per heavy atom. The Hall–Kier alpha value is -3.16. The summed E-state index contributed by atoms with van der Waals surface area (Å²) in [5.74, 6) is -0.321. The van der Waals surface area contributed by atoms with Gasteiger partial charge in [0.2, 0.25) is 11.9 Å². The van der Waals surface area contributed by atoms with Crippen LogP contribution in [-0.4, -0.2) is 64.6 Å². The maximum Gasteiger partial charge on any atom is 0.421 e. The molecule has 2 aromatic rings. The fourth-order valence-corrected chi connectivity index (χ4v) is 4.67. The van der Waals surface area contributed by atoms with Crippen molar-refractivity contribution >= 4 is 11.9 Å². The number of rotatable bonds is 6. The van der Waals surface area contributed by atoms with E-state index in [4.69, 9.17) is 4.74 Å². The second kappa shape index (κ2) is 10.7. The lowest BCUT2D eigenvalue weighted by atomic mass is 9.96. The van der Waals surface area contributed by atoms with Crippen LogP contribution in [0, 0.1) is 0 Å². The number of carbonyl (C=O) groups excluding carboxylic acids is 1. The molecule has 1 aliphatic heterocycles. The molecule has 37 heavy (non-hydrogen) atoms. The molecule has 1 amide bonds. The highest BCUT2D eigenvalue weighted by Crippen LogP contribution is 2.38. The fourth-order valence-electron chi connectivity index (χ4n) is 4.67. The molecule has 1 saturated heterocycles. The lowest BCUT2D eigenvalue weighted by molar-refractivity contribution is -0.139. The SMILES string of the molecule is O=C(CCO[C@@H]1CCCC1c1c[nH]c(=O)c(C(F)(F)F)c1)N1CCN(c2ncc(C(F)(F)F)cn2)CC1. The van der Waals surface area contributed by atoms with Crippen molar-refractivity contribution in [1.82, 2.24) is 19.9 Å². The number of pyridine rings is 1. The highest BCUT2D eigenvalue weighted by Gasteiger charge is 2.37. The third-order valence-electron chi connectivity index (χ3n) is 6.64. The van der Waals surface area contributed by atoms with E-state index in [1.807, 2.05) is 0 Å². The Morgan fingerprint density at radius 3 is 2.32 bits per heavy atom. The van der Waals surface area contributed by atoms with Gasteiger partial charge >= 0.3 is 12.4 Å². The van der Waals surface area contributed by atoms with Gasteiger partial charge in [0, 0.05) is 50.7 Å². The minimum atomic E-state index is -4.76. The zero-order chi connectivity index (χ0) is 26.8. The van der Waals surface area contributed by atoms with Crippen LogP contribution in [0.1, 0.15) is 48.3 Å². The summed E-state index contributed by atoms with van der Waals surface area (Å²) in [6, 6.07) is 0.871. The van der Waals surface area contributed by atoms with Gasteiger partial charge in [-0.25, -0.2) is 9.97 Å². The summed E-state index contributed by atoms with van der Waals surface area (Å²) >= 11 is 0. The Bertz CT molecular complexity index is 1140. The number of aromatic amines is 1. The van der Waals surface area contributed by atoms with E-state index in [0.717, 1.165) is 24.9 Å². The van der Waals surface area contributed by atoms with Crippen molar-refractivity contribution in [2.45, 2.75) is 50.1 Å². The highest BCUT2D eigenvalue weighted by molar-refractivity contribution is 5.76. The quantitative estimate of drug-likeness (QED) is 0.571. The molecule has 202 valence electrons. The average molecular weight is 533 g/mol. The van der Waals surface area contributed by atoms with Gasteiger partial charge in [0.25, 0.3) is 5.56 Å². The van der Waals surface area contributed by atoms with Crippen molar-refractivity contribution in [2.75, 3.05) is 37.7 Å². The number of aromatic nitrogens is 3. The molecule has 0 spiro atoms. The van der Waals surface area contributed by atoms with Gasteiger partial charge in [0.05, 0.1) is 24.7 Å². The first kappa shape index (κ1) is 26.9. The molecule has 4 rings (SSSR count). The Labute approximate surface area is 207 Å². The predicted molar refractivity (Wildman–Crippen MR) is 119 cm³/mol. The van der Waals surface area contributed by atoms with Gasteiger partial charge in [-0.1, -0.05) is 6.42 Å². The van der Waals surface area contributed by atoms with Crippen molar-refractivity contribution in [2.24, 2.45) is 0 Å². The van der Waals surface area contributed by atoms with Crippen molar-refractivity contribution in [3.05, 3.63) is 51.7 Å². The maximum absolute atomic E-state index is 13.1. The number of hydrogen-bond acceptors (Lipinski definition) is 6. The van der Waals surface area contributed by atoms with Crippen LogP contribution in [0.2, 0.25) is 0 Å². The van der Waals surface area contributed by atoms with Crippen LogP contribution in [0.3, 0.4) is 0 Å². The van der Waals surface area contributed by atoms with E-state index < -0.39 is 29.0 Å². The third kappa shape index (κ3) is 6.40. The van der Waals surface area contributed by atoms with Crippen LogP contribution in [-0.2, 0) is 21.9 Å². The number of hydrogen-bond donors (Lipinski definition) is 1. The number of anilines is 1. The summed E-state index contributed by atoms with van der Waals surface area (Å²) in [5.41, 5.74) is -3.02. The topological polar surface area (TPSA) is 91.4 Å². The second-order valence-electron chi connectivity index (χ2n) is 9.01. The van der Waals surface area contributed by atoms with Gasteiger partial charge in [0.15, 0.2) is 0 Å². The molecule has 1 N–H and O–H groups in total. The smallest absolute Gasteiger partial charge is 0.377 e. The fraction of sp³-hybridized carbons (Fsp3) is 0.565. The largest absolute Gasteiger partial charge is 0.421 e. The van der Waals surface area contributed by atoms with Gasteiger partial charge in [-0.05, 0) is 24.5 Å². The number of nitrogens with zero attached hydrogens (tertiary/aromatic N) is 4. The molecule has 14 heteroatoms. The number of piperazine rings is 1. The van der Waals surface area contributed by atoms with E-state index >= 15 is 0 Å². The molecule has 2 fully saturated rings. The number of nitrogens with one attached hydrogen (secondary N) is 1. The summed E-state index contributed by atoms with van der Waals surface area (Å²) in [5, 5.41) is 0. The average Bonchev–Trinajstić information content (AvgIpc) is 3.32. The lowest BCUT2D eigenvalue weighted by Gasteiger charge is -2.35. The van der Waals surface area contributed by atoms with Crippen LogP contribution in [0.4, 0.5) is 32.3 Å². The first-order chi connectivity index (χ1) is 17.4. The summed E-state index contributed by atoms with van der Waals surface area (Å²) in [4.78, 5) is 37.2. The Balaban J connectivity index is 1.26. The summed E-state index contributed by atoms with van der Waals surface area (Å²) in [6.07, 6.45) is -4.83. The molecule has 1 unspecified atom stereocenters. The summed E-state index contributed by atoms with van der Waals surface area (Å²) in [7, 11) is 0. The van der Waals surface area contributed by atoms with E-state index in [-0.39, 0.29) is 36.9 Å². The first-order valence-electron chi connectivity index (χ1n) is 11.8. The molecule has 1 aliphatic carbocycles. The van der Waals surface area contributed by atoms with Crippen molar-refractivity contribution < 1.29 is 35.9 Å². The molecule has 1 saturated carbocycles. The van der Waals surface area contributed by atoms with Crippen LogP contribution in [0.5, 0.6) is 0 Å². The number of ether oxygens (including phenoxy) is 1. The molecule has 0 aromatic carbocycles. The van der Waals surface area contributed by atoms with E-state index in [9.17, 15) is 35.9 Å². The molecule has 2 aromatic heterocycles. The van der Waals surface area contributed by atoms with Crippen LogP contribution < -0.4 is 10.5 Å². The minimum Gasteiger partial charge on any atom is -0.377 e. The van der Waals surface area contributed by atoms with Gasteiger partial charge < -0.3 is 19.5 Å². The van der Waals surface area contributed by atoms with Crippen molar-refractivity contribution in [3.63, 3.8) is 0 Å². The second-order valence-corrected chi connectivity index (χ2v) is 9.01. The zero-order valence-corrected chi connectivity index (χ0v) is 19.6. The third-order valence-corrected chi connectivity index (χ3v) is 6.64. The predicted octanol–water partition coefficient (Wildman–Crippen LogP) is 3.59. The van der Waals surface area contributed by atoms with Crippen LogP contribution >= 0.6 is 0 Å². The van der Waals surface area contributed by atoms with Gasteiger partial charge in [0.1, 0.15) is 5.56 Å². The maximum atomic E-state index is 13.1. The number of H-pyrrole nitrogens is 1. The van der Waals surface area contributed by atoms with Gasteiger partial charge in [-0.2, -0.15) is 26.3 Å². The van der Waals surface area contributed by atoms with Crippen molar-refractivity contribution in [3.8, 4) is 0 Å². The summed E-state index contributed by atoms with van der Waals surface area (Å²) < 4.78 is 83.3. The Morgan fingerprint density at radius 2 is 1.70 bits per heavy atom. The number of halogens is 6. The van der Waals surface area contributed by atoms with E-state index in [0.29, 0.717) is 44.6 Å². The zero-order valence-electron chi connectivity index (χ0n) is 19.6. The molecule has 8 nitrogen and oxygen atoms in total. The highest BCUT2D eigenvalue weighted by atomic mass is 19.4. The lowest BCUT2D eigenvalue weighted by Crippen LogP contribution is -2.49. The molecular weight excluding hydrogens is 508 g/mol. The Kier molecular flexibility index (Phi) is 7.76. The van der Waals surface area contributed by atoms with Gasteiger partial charge in [-0.15, -0.1) is 0 Å². The molecular formula is C23H25F6N5O3. The van der Waals surface area contributed by atoms with Gasteiger partial charge in [-0.3, -0.25) is 9.59 Å². The van der Waals surface area contributed by atoms with E-state index in [1.165, 1.54) is 6.20 Å². The van der Waals surface area contributed by atoms with Crippen LogP contribution in [0.15, 0.2) is 29.5 Å². The first-order valence-corrected chi connectivity index (χ1v) is 11.8. The molecule has 0 radical (unpaired) electrons. The number of alkyl halides is 6. The normalized spacial score (nSPS) is 20.9.